The van der Waals surface area contributed by atoms with E-state index in [2.05, 4.69) is 10.3 Å². The van der Waals surface area contributed by atoms with Gasteiger partial charge in [-0.1, -0.05) is 23.7 Å². The molecule has 1 aromatic heterocycles. The number of carbonyl (C=O) groups is 2. The Hall–Kier alpha value is -2.67. The number of amides is 2. The standard InChI is InChI=1S/C17H15ClFN3O3/c18-15-6-5-12(7-20-15)21-17(24)11-8-22(9-11)16(23)10-25-14-4-2-1-3-13(14)19/h1-7,11H,8-10H2,(H,21,24). The Labute approximate surface area is 148 Å². The van der Waals surface area contributed by atoms with Crippen LogP contribution in [0.15, 0.2) is 42.6 Å². The van der Waals surface area contributed by atoms with Gasteiger partial charge in [0, 0.05) is 13.1 Å². The second-order valence-corrected chi connectivity index (χ2v) is 5.96. The highest BCUT2D eigenvalue weighted by Crippen LogP contribution is 2.20. The van der Waals surface area contributed by atoms with Crippen molar-refractivity contribution in [2.75, 3.05) is 25.0 Å². The van der Waals surface area contributed by atoms with Crippen molar-refractivity contribution in [2.45, 2.75) is 0 Å². The van der Waals surface area contributed by atoms with Crippen LogP contribution in [0.3, 0.4) is 0 Å². The lowest BCUT2D eigenvalue weighted by atomic mass is 9.99. The maximum Gasteiger partial charge on any atom is 0.260 e. The molecule has 1 saturated heterocycles. The number of anilines is 1. The molecular weight excluding hydrogens is 349 g/mol. The summed E-state index contributed by atoms with van der Waals surface area (Å²) in [4.78, 5) is 29.4. The molecule has 25 heavy (non-hydrogen) atoms. The Kier molecular flexibility index (Phi) is 5.14. The Morgan fingerprint density at radius 1 is 1.28 bits per heavy atom. The smallest absolute Gasteiger partial charge is 0.260 e. The highest BCUT2D eigenvalue weighted by Gasteiger charge is 2.35. The van der Waals surface area contributed by atoms with Crippen LogP contribution in [0.1, 0.15) is 0 Å². The third kappa shape index (κ3) is 4.24. The van der Waals surface area contributed by atoms with Crippen LogP contribution in [-0.2, 0) is 9.59 Å². The fourth-order valence-corrected chi connectivity index (χ4v) is 2.45. The average Bonchev–Trinajstić information content (AvgIpc) is 2.55. The van der Waals surface area contributed by atoms with E-state index >= 15 is 0 Å². The maximum atomic E-state index is 13.4. The van der Waals surface area contributed by atoms with Crippen LogP contribution in [0, 0.1) is 11.7 Å². The second-order valence-electron chi connectivity index (χ2n) is 5.57. The van der Waals surface area contributed by atoms with Crippen LogP contribution in [0.5, 0.6) is 5.75 Å². The van der Waals surface area contributed by atoms with Gasteiger partial charge in [-0.15, -0.1) is 0 Å². The van der Waals surface area contributed by atoms with Crippen LogP contribution in [0.4, 0.5) is 10.1 Å². The minimum absolute atomic E-state index is 0.0286. The number of rotatable bonds is 5. The number of aromatic nitrogens is 1. The Bertz CT molecular complexity index is 779. The van der Waals surface area contributed by atoms with E-state index in [0.29, 0.717) is 23.9 Å². The summed E-state index contributed by atoms with van der Waals surface area (Å²) in [5.41, 5.74) is 0.544. The monoisotopic (exact) mass is 363 g/mol. The number of nitrogens with zero attached hydrogens (tertiary/aromatic N) is 2. The highest BCUT2D eigenvalue weighted by molar-refractivity contribution is 6.29. The summed E-state index contributed by atoms with van der Waals surface area (Å²) in [5, 5.41) is 3.06. The summed E-state index contributed by atoms with van der Waals surface area (Å²) >= 11 is 5.68. The van der Waals surface area contributed by atoms with Crippen molar-refractivity contribution >= 4 is 29.1 Å². The SMILES string of the molecule is O=C(Nc1ccc(Cl)nc1)C1CN(C(=O)COc2ccccc2F)C1. The minimum atomic E-state index is -0.521. The number of carbonyl (C=O) groups excluding carboxylic acids is 2. The average molecular weight is 364 g/mol. The van der Waals surface area contributed by atoms with E-state index in [1.165, 1.54) is 23.2 Å². The van der Waals surface area contributed by atoms with E-state index in [4.69, 9.17) is 16.3 Å². The number of likely N-dealkylation sites (tertiary alicyclic amines) is 1. The lowest BCUT2D eigenvalue weighted by Crippen LogP contribution is -2.55. The molecule has 1 fully saturated rings. The normalized spacial score (nSPS) is 13.9. The third-order valence-electron chi connectivity index (χ3n) is 3.79. The molecule has 3 rings (SSSR count). The highest BCUT2D eigenvalue weighted by atomic mass is 35.5. The molecule has 0 spiro atoms. The van der Waals surface area contributed by atoms with Crippen LogP contribution in [0.2, 0.25) is 5.15 Å². The van der Waals surface area contributed by atoms with Gasteiger partial charge in [-0.2, -0.15) is 0 Å². The molecule has 2 amide bonds. The van der Waals surface area contributed by atoms with Crippen molar-refractivity contribution in [3.8, 4) is 5.75 Å². The van der Waals surface area contributed by atoms with Gasteiger partial charge >= 0.3 is 0 Å². The predicted octanol–water partition coefficient (Wildman–Crippen LogP) is 2.35. The van der Waals surface area contributed by atoms with Gasteiger partial charge in [-0.05, 0) is 24.3 Å². The lowest BCUT2D eigenvalue weighted by molar-refractivity contribution is -0.143. The van der Waals surface area contributed by atoms with Gasteiger partial charge in [-0.25, -0.2) is 9.37 Å². The van der Waals surface area contributed by atoms with Crippen molar-refractivity contribution < 1.29 is 18.7 Å². The number of ether oxygens (including phenoxy) is 1. The molecule has 2 aromatic rings. The van der Waals surface area contributed by atoms with Crippen molar-refractivity contribution in [2.24, 2.45) is 5.92 Å². The van der Waals surface area contributed by atoms with Crippen molar-refractivity contribution in [1.82, 2.24) is 9.88 Å². The first kappa shape index (κ1) is 17.2. The third-order valence-corrected chi connectivity index (χ3v) is 4.01. The van der Waals surface area contributed by atoms with Crippen LogP contribution < -0.4 is 10.1 Å². The summed E-state index contributed by atoms with van der Waals surface area (Å²) in [5.74, 6) is -1.27. The zero-order valence-corrected chi connectivity index (χ0v) is 13.9. The molecule has 8 heteroatoms. The van der Waals surface area contributed by atoms with Gasteiger partial charge in [0.25, 0.3) is 5.91 Å². The van der Waals surface area contributed by atoms with Gasteiger partial charge < -0.3 is 15.0 Å². The number of hydrogen-bond donors (Lipinski definition) is 1. The molecule has 0 saturated carbocycles. The Morgan fingerprint density at radius 3 is 2.72 bits per heavy atom. The molecule has 1 aliphatic rings. The quantitative estimate of drug-likeness (QED) is 0.828. The van der Waals surface area contributed by atoms with E-state index in [1.54, 1.807) is 24.3 Å². The van der Waals surface area contributed by atoms with Crippen molar-refractivity contribution in [3.63, 3.8) is 0 Å². The van der Waals surface area contributed by atoms with Crippen LogP contribution in [-0.4, -0.2) is 41.4 Å². The number of halogens is 2. The number of hydrogen-bond acceptors (Lipinski definition) is 4. The van der Waals surface area contributed by atoms with E-state index in [9.17, 15) is 14.0 Å². The molecule has 0 unspecified atom stereocenters. The zero-order valence-electron chi connectivity index (χ0n) is 13.1. The molecule has 1 aliphatic heterocycles. The van der Waals surface area contributed by atoms with E-state index in [-0.39, 0.29) is 30.1 Å². The largest absolute Gasteiger partial charge is 0.481 e. The first-order valence-electron chi connectivity index (χ1n) is 7.60. The molecule has 0 bridgehead atoms. The van der Waals surface area contributed by atoms with Crippen LogP contribution in [0.25, 0.3) is 0 Å². The number of para-hydroxylation sites is 1. The summed E-state index contributed by atoms with van der Waals surface area (Å²) < 4.78 is 18.6. The van der Waals surface area contributed by atoms with Gasteiger partial charge in [0.15, 0.2) is 18.2 Å². The molecule has 1 N–H and O–H groups in total. The molecule has 0 aliphatic carbocycles. The van der Waals surface area contributed by atoms with Gasteiger partial charge in [0.2, 0.25) is 5.91 Å². The Morgan fingerprint density at radius 2 is 2.04 bits per heavy atom. The number of benzene rings is 1. The lowest BCUT2D eigenvalue weighted by Gasteiger charge is -2.38. The van der Waals surface area contributed by atoms with Crippen molar-refractivity contribution in [1.29, 1.82) is 0 Å². The zero-order chi connectivity index (χ0) is 17.8. The van der Waals surface area contributed by atoms with Gasteiger partial charge in [0.1, 0.15) is 5.15 Å². The van der Waals surface area contributed by atoms with Gasteiger partial charge in [-0.3, -0.25) is 9.59 Å². The molecular formula is C17H15ClFN3O3. The van der Waals surface area contributed by atoms with Gasteiger partial charge in [0.05, 0.1) is 17.8 Å². The molecule has 0 atom stereocenters. The molecule has 0 radical (unpaired) electrons. The minimum Gasteiger partial charge on any atom is -0.481 e. The summed E-state index contributed by atoms with van der Waals surface area (Å²) in [7, 11) is 0. The topological polar surface area (TPSA) is 71.5 Å². The first-order valence-corrected chi connectivity index (χ1v) is 7.98. The fourth-order valence-electron chi connectivity index (χ4n) is 2.33. The van der Waals surface area contributed by atoms with Crippen LogP contribution >= 0.6 is 11.6 Å². The molecule has 130 valence electrons. The summed E-state index contributed by atoms with van der Waals surface area (Å²) in [6.07, 6.45) is 1.46. The molecule has 6 nitrogen and oxygen atoms in total. The first-order chi connectivity index (χ1) is 12.0. The fraction of sp³-hybridized carbons (Fsp3) is 0.235. The molecule has 2 heterocycles. The summed E-state index contributed by atoms with van der Waals surface area (Å²) in [6, 6.07) is 9.10. The van der Waals surface area contributed by atoms with E-state index in [1.807, 2.05) is 0 Å². The number of pyridine rings is 1. The second kappa shape index (κ2) is 7.48. The summed E-state index contributed by atoms with van der Waals surface area (Å²) in [6.45, 7) is 0.328. The molecule has 1 aromatic carbocycles. The van der Waals surface area contributed by atoms with E-state index < -0.39 is 5.82 Å². The van der Waals surface area contributed by atoms with Crippen molar-refractivity contribution in [3.05, 3.63) is 53.6 Å². The maximum absolute atomic E-state index is 13.4. The Balaban J connectivity index is 1.43. The van der Waals surface area contributed by atoms with E-state index in [0.717, 1.165) is 0 Å². The predicted molar refractivity (Wildman–Crippen MR) is 89.8 cm³/mol. The number of nitrogens with one attached hydrogen (secondary N) is 1.